The summed E-state index contributed by atoms with van der Waals surface area (Å²) in [5.74, 6) is -0.0334. The molecule has 18 heavy (non-hydrogen) atoms. The Morgan fingerprint density at radius 3 is 2.28 bits per heavy atom. The van der Waals surface area contributed by atoms with Gasteiger partial charge in [-0.05, 0) is 30.4 Å². The molecular weight excluding hydrogens is 248 g/mol. The van der Waals surface area contributed by atoms with Gasteiger partial charge in [-0.2, -0.15) is 8.42 Å². The van der Waals surface area contributed by atoms with Crippen molar-refractivity contribution in [2.45, 2.75) is 32.1 Å². The standard InChI is InChI=1S/C14H18O3S/c15-18(16,17)14(13-9-5-2-6-10-13)11-12-7-3-1-4-8-12/h1,3-4,7-8,11,13H,2,5-6,9-10H2,(H,15,16,17). The van der Waals surface area contributed by atoms with E-state index in [1.807, 2.05) is 30.3 Å². The Bertz CT molecular complexity index is 511. The molecule has 0 radical (unpaired) electrons. The molecule has 2 rings (SSSR count). The van der Waals surface area contributed by atoms with Crippen LogP contribution in [0.15, 0.2) is 35.2 Å². The molecule has 0 saturated heterocycles. The summed E-state index contributed by atoms with van der Waals surface area (Å²) >= 11 is 0. The highest BCUT2D eigenvalue weighted by atomic mass is 32.2. The van der Waals surface area contributed by atoms with Gasteiger partial charge in [0.1, 0.15) is 0 Å². The van der Waals surface area contributed by atoms with E-state index < -0.39 is 10.1 Å². The zero-order valence-electron chi connectivity index (χ0n) is 10.2. The predicted molar refractivity (Wildman–Crippen MR) is 72.5 cm³/mol. The van der Waals surface area contributed by atoms with E-state index in [0.29, 0.717) is 0 Å². The van der Waals surface area contributed by atoms with Gasteiger partial charge in [0, 0.05) is 0 Å². The molecule has 1 saturated carbocycles. The van der Waals surface area contributed by atoms with Gasteiger partial charge < -0.3 is 0 Å². The zero-order valence-corrected chi connectivity index (χ0v) is 11.1. The van der Waals surface area contributed by atoms with Gasteiger partial charge in [0.15, 0.2) is 0 Å². The molecule has 0 spiro atoms. The molecule has 0 unspecified atom stereocenters. The Labute approximate surface area is 108 Å². The summed E-state index contributed by atoms with van der Waals surface area (Å²) in [6, 6.07) is 9.27. The Balaban J connectivity index is 2.34. The molecule has 1 aliphatic carbocycles. The average Bonchev–Trinajstić information content (AvgIpc) is 2.37. The van der Waals surface area contributed by atoms with Crippen LogP contribution in [0.1, 0.15) is 37.7 Å². The first kappa shape index (κ1) is 13.3. The summed E-state index contributed by atoms with van der Waals surface area (Å²) in [5.41, 5.74) is 0.815. The van der Waals surface area contributed by atoms with Crippen molar-refractivity contribution in [3.63, 3.8) is 0 Å². The second-order valence-electron chi connectivity index (χ2n) is 4.77. The lowest BCUT2D eigenvalue weighted by molar-refractivity contribution is 0.403. The van der Waals surface area contributed by atoms with Gasteiger partial charge >= 0.3 is 0 Å². The van der Waals surface area contributed by atoms with Crippen LogP contribution in [0.2, 0.25) is 0 Å². The summed E-state index contributed by atoms with van der Waals surface area (Å²) in [4.78, 5) is 0.174. The maximum absolute atomic E-state index is 11.5. The number of rotatable bonds is 3. The van der Waals surface area contributed by atoms with Crippen LogP contribution in [0.3, 0.4) is 0 Å². The van der Waals surface area contributed by atoms with Crippen LogP contribution in [0.4, 0.5) is 0 Å². The lowest BCUT2D eigenvalue weighted by atomic mass is 9.88. The van der Waals surface area contributed by atoms with E-state index in [4.69, 9.17) is 0 Å². The Morgan fingerprint density at radius 1 is 1.11 bits per heavy atom. The monoisotopic (exact) mass is 266 g/mol. The maximum Gasteiger partial charge on any atom is 0.290 e. The summed E-state index contributed by atoms with van der Waals surface area (Å²) in [5, 5.41) is 0. The van der Waals surface area contributed by atoms with Crippen molar-refractivity contribution in [1.82, 2.24) is 0 Å². The molecule has 0 bridgehead atoms. The topological polar surface area (TPSA) is 54.4 Å². The summed E-state index contributed by atoms with van der Waals surface area (Å²) in [6.07, 6.45) is 6.52. The van der Waals surface area contributed by atoms with E-state index in [1.54, 1.807) is 6.08 Å². The van der Waals surface area contributed by atoms with Crippen molar-refractivity contribution in [1.29, 1.82) is 0 Å². The lowest BCUT2D eigenvalue weighted by Crippen LogP contribution is -2.16. The number of hydrogen-bond acceptors (Lipinski definition) is 2. The van der Waals surface area contributed by atoms with E-state index >= 15 is 0 Å². The molecule has 1 N–H and O–H groups in total. The second kappa shape index (κ2) is 5.67. The van der Waals surface area contributed by atoms with Crippen LogP contribution < -0.4 is 0 Å². The molecule has 3 nitrogen and oxygen atoms in total. The number of hydrogen-bond donors (Lipinski definition) is 1. The number of benzene rings is 1. The third kappa shape index (κ3) is 3.43. The highest BCUT2D eigenvalue weighted by molar-refractivity contribution is 7.90. The fourth-order valence-corrected chi connectivity index (χ4v) is 3.45. The van der Waals surface area contributed by atoms with Gasteiger partial charge in [-0.15, -0.1) is 0 Å². The highest BCUT2D eigenvalue weighted by Crippen LogP contribution is 2.33. The molecule has 0 aliphatic heterocycles. The minimum atomic E-state index is -4.10. The van der Waals surface area contributed by atoms with E-state index in [-0.39, 0.29) is 10.8 Å². The smallest absolute Gasteiger partial charge is 0.282 e. The molecule has 0 amide bonds. The minimum absolute atomic E-state index is 0.0334. The van der Waals surface area contributed by atoms with E-state index in [2.05, 4.69) is 0 Å². The molecule has 0 atom stereocenters. The van der Waals surface area contributed by atoms with Crippen molar-refractivity contribution >= 4 is 16.2 Å². The molecule has 1 aliphatic rings. The van der Waals surface area contributed by atoms with Gasteiger partial charge in [-0.1, -0.05) is 49.6 Å². The average molecular weight is 266 g/mol. The molecule has 98 valence electrons. The molecule has 1 aromatic rings. The third-order valence-corrected chi connectivity index (χ3v) is 4.46. The molecule has 0 heterocycles. The van der Waals surface area contributed by atoms with Crippen molar-refractivity contribution < 1.29 is 13.0 Å². The first-order valence-corrected chi connectivity index (χ1v) is 7.75. The first-order valence-electron chi connectivity index (χ1n) is 6.31. The lowest BCUT2D eigenvalue weighted by Gasteiger charge is -2.22. The second-order valence-corrected chi connectivity index (χ2v) is 6.19. The third-order valence-electron chi connectivity index (χ3n) is 3.41. The van der Waals surface area contributed by atoms with Gasteiger partial charge in [0.05, 0.1) is 4.91 Å². The summed E-state index contributed by atoms with van der Waals surface area (Å²) in [6.45, 7) is 0. The molecule has 0 aromatic heterocycles. The van der Waals surface area contributed by atoms with E-state index in [0.717, 1.165) is 37.7 Å². The first-order chi connectivity index (χ1) is 8.57. The van der Waals surface area contributed by atoms with Gasteiger partial charge in [0.25, 0.3) is 10.1 Å². The quantitative estimate of drug-likeness (QED) is 0.852. The molecule has 1 aromatic carbocycles. The molecule has 1 fully saturated rings. The van der Waals surface area contributed by atoms with Crippen molar-refractivity contribution in [2.75, 3.05) is 0 Å². The highest BCUT2D eigenvalue weighted by Gasteiger charge is 2.26. The number of allylic oxidation sites excluding steroid dienone is 1. The van der Waals surface area contributed by atoms with Crippen molar-refractivity contribution in [2.24, 2.45) is 5.92 Å². The van der Waals surface area contributed by atoms with E-state index in [1.165, 1.54) is 0 Å². The summed E-state index contributed by atoms with van der Waals surface area (Å²) in [7, 11) is -4.10. The van der Waals surface area contributed by atoms with Crippen LogP contribution in [0, 0.1) is 5.92 Å². The Morgan fingerprint density at radius 2 is 1.72 bits per heavy atom. The van der Waals surface area contributed by atoms with Gasteiger partial charge in [-0.25, -0.2) is 0 Å². The Hall–Kier alpha value is -1.13. The summed E-state index contributed by atoms with van der Waals surface area (Å²) < 4.78 is 32.4. The fraction of sp³-hybridized carbons (Fsp3) is 0.429. The van der Waals surface area contributed by atoms with Crippen LogP contribution in [-0.4, -0.2) is 13.0 Å². The maximum atomic E-state index is 11.5. The fourth-order valence-electron chi connectivity index (χ4n) is 2.50. The zero-order chi connectivity index (χ0) is 13.0. The van der Waals surface area contributed by atoms with Crippen molar-refractivity contribution in [3.8, 4) is 0 Å². The van der Waals surface area contributed by atoms with Crippen LogP contribution in [0.5, 0.6) is 0 Å². The largest absolute Gasteiger partial charge is 0.290 e. The molecule has 4 heteroatoms. The normalized spacial score (nSPS) is 18.8. The minimum Gasteiger partial charge on any atom is -0.282 e. The van der Waals surface area contributed by atoms with Gasteiger partial charge in [-0.3, -0.25) is 4.55 Å². The van der Waals surface area contributed by atoms with Gasteiger partial charge in [0.2, 0.25) is 0 Å². The van der Waals surface area contributed by atoms with Crippen molar-refractivity contribution in [3.05, 3.63) is 40.8 Å². The van der Waals surface area contributed by atoms with Crippen LogP contribution >= 0.6 is 0 Å². The van der Waals surface area contributed by atoms with Crippen LogP contribution in [0.25, 0.3) is 6.08 Å². The Kier molecular flexibility index (Phi) is 4.19. The SMILES string of the molecule is O=S(=O)(O)C(=Cc1ccccc1)C1CCCCC1. The van der Waals surface area contributed by atoms with Crippen LogP contribution in [-0.2, 0) is 10.1 Å². The van der Waals surface area contributed by atoms with E-state index in [9.17, 15) is 13.0 Å². The molecular formula is C14H18O3S. The predicted octanol–water partition coefficient (Wildman–Crippen LogP) is 3.50.